The Labute approximate surface area is 127 Å². The van der Waals surface area contributed by atoms with Gasteiger partial charge in [-0.3, -0.25) is 9.97 Å². The number of rotatable bonds is 7. The second-order valence-electron chi connectivity index (χ2n) is 5.35. The van der Waals surface area contributed by atoms with Crippen molar-refractivity contribution in [3.05, 3.63) is 60.2 Å². The predicted octanol–water partition coefficient (Wildman–Crippen LogP) is 3.89. The molecule has 1 aromatic carbocycles. The topological polar surface area (TPSA) is 37.8 Å². The zero-order valence-corrected chi connectivity index (χ0v) is 13.2. The van der Waals surface area contributed by atoms with Crippen LogP contribution in [-0.4, -0.2) is 16.5 Å². The van der Waals surface area contributed by atoms with E-state index in [9.17, 15) is 0 Å². The Hall–Kier alpha value is -1.74. The van der Waals surface area contributed by atoms with Crippen LogP contribution in [0.5, 0.6) is 0 Å². The van der Waals surface area contributed by atoms with Crippen LogP contribution in [-0.2, 0) is 5.41 Å². The quantitative estimate of drug-likeness (QED) is 0.838. The SMILES string of the molecule is CCNC(c1cnccn1)C(CC)(CC)c1ccccc1. The Bertz CT molecular complexity index is 521. The molecule has 0 saturated heterocycles. The molecule has 0 saturated carbocycles. The van der Waals surface area contributed by atoms with E-state index < -0.39 is 0 Å². The lowest BCUT2D eigenvalue weighted by Crippen LogP contribution is -2.41. The van der Waals surface area contributed by atoms with Gasteiger partial charge >= 0.3 is 0 Å². The number of hydrogen-bond acceptors (Lipinski definition) is 3. The van der Waals surface area contributed by atoms with Crippen LogP contribution in [0.25, 0.3) is 0 Å². The Morgan fingerprint density at radius 1 is 1.05 bits per heavy atom. The summed E-state index contributed by atoms with van der Waals surface area (Å²) in [6.45, 7) is 7.58. The van der Waals surface area contributed by atoms with Gasteiger partial charge in [-0.1, -0.05) is 51.1 Å². The maximum absolute atomic E-state index is 4.56. The van der Waals surface area contributed by atoms with Crippen molar-refractivity contribution in [2.75, 3.05) is 6.54 Å². The van der Waals surface area contributed by atoms with Gasteiger partial charge in [0, 0.05) is 24.0 Å². The Morgan fingerprint density at radius 3 is 2.29 bits per heavy atom. The van der Waals surface area contributed by atoms with Gasteiger partial charge in [0.2, 0.25) is 0 Å². The molecular formula is C18H25N3. The van der Waals surface area contributed by atoms with Crippen LogP contribution in [0.15, 0.2) is 48.9 Å². The van der Waals surface area contributed by atoms with Crippen LogP contribution in [0, 0.1) is 0 Å². The minimum Gasteiger partial charge on any atom is -0.308 e. The van der Waals surface area contributed by atoms with E-state index in [-0.39, 0.29) is 11.5 Å². The van der Waals surface area contributed by atoms with E-state index in [1.807, 2.05) is 6.20 Å². The van der Waals surface area contributed by atoms with E-state index in [1.54, 1.807) is 12.4 Å². The number of aromatic nitrogens is 2. The highest BCUT2D eigenvalue weighted by Crippen LogP contribution is 2.42. The van der Waals surface area contributed by atoms with E-state index in [2.05, 4.69) is 66.4 Å². The maximum Gasteiger partial charge on any atom is 0.0765 e. The molecule has 2 rings (SSSR count). The van der Waals surface area contributed by atoms with Crippen LogP contribution in [0.4, 0.5) is 0 Å². The third-order valence-electron chi connectivity index (χ3n) is 4.45. The molecule has 0 fully saturated rings. The van der Waals surface area contributed by atoms with Crippen molar-refractivity contribution in [3.8, 4) is 0 Å². The number of hydrogen-bond donors (Lipinski definition) is 1. The van der Waals surface area contributed by atoms with Gasteiger partial charge in [-0.2, -0.15) is 0 Å². The van der Waals surface area contributed by atoms with E-state index in [4.69, 9.17) is 0 Å². The highest BCUT2D eigenvalue weighted by molar-refractivity contribution is 5.30. The van der Waals surface area contributed by atoms with Crippen molar-refractivity contribution < 1.29 is 0 Å². The van der Waals surface area contributed by atoms with Crippen LogP contribution in [0.3, 0.4) is 0 Å². The molecule has 1 unspecified atom stereocenters. The lowest BCUT2D eigenvalue weighted by Gasteiger charge is -2.40. The summed E-state index contributed by atoms with van der Waals surface area (Å²) in [5.74, 6) is 0. The second kappa shape index (κ2) is 7.32. The summed E-state index contributed by atoms with van der Waals surface area (Å²) in [7, 11) is 0. The zero-order valence-electron chi connectivity index (χ0n) is 13.2. The fourth-order valence-corrected chi connectivity index (χ4v) is 3.25. The largest absolute Gasteiger partial charge is 0.308 e. The molecule has 1 aromatic heterocycles. The minimum absolute atomic E-state index is 0.0350. The number of benzene rings is 1. The van der Waals surface area contributed by atoms with Gasteiger partial charge in [0.05, 0.1) is 11.7 Å². The van der Waals surface area contributed by atoms with Crippen molar-refractivity contribution >= 4 is 0 Å². The fraction of sp³-hybridized carbons (Fsp3) is 0.444. The van der Waals surface area contributed by atoms with Crippen molar-refractivity contribution in [2.24, 2.45) is 0 Å². The molecule has 112 valence electrons. The lowest BCUT2D eigenvalue weighted by atomic mass is 9.69. The average molecular weight is 283 g/mol. The lowest BCUT2D eigenvalue weighted by molar-refractivity contribution is 0.272. The van der Waals surface area contributed by atoms with Gasteiger partial charge in [-0.25, -0.2) is 0 Å². The molecule has 1 heterocycles. The first-order valence-electron chi connectivity index (χ1n) is 7.83. The number of nitrogens with zero attached hydrogens (tertiary/aromatic N) is 2. The molecule has 1 atom stereocenters. The van der Waals surface area contributed by atoms with E-state index >= 15 is 0 Å². The summed E-state index contributed by atoms with van der Waals surface area (Å²) >= 11 is 0. The monoisotopic (exact) mass is 283 g/mol. The average Bonchev–Trinajstić information content (AvgIpc) is 2.57. The first-order valence-corrected chi connectivity index (χ1v) is 7.83. The van der Waals surface area contributed by atoms with Gasteiger partial charge in [0.15, 0.2) is 0 Å². The highest BCUT2D eigenvalue weighted by atomic mass is 15.0. The van der Waals surface area contributed by atoms with Crippen LogP contribution in [0.1, 0.15) is 50.9 Å². The summed E-state index contributed by atoms with van der Waals surface area (Å²) in [6.07, 6.45) is 7.51. The smallest absolute Gasteiger partial charge is 0.0765 e. The number of likely N-dealkylation sites (N-methyl/N-ethyl adjacent to an activating group) is 1. The molecule has 0 aliphatic carbocycles. The second-order valence-corrected chi connectivity index (χ2v) is 5.35. The molecule has 0 bridgehead atoms. The van der Waals surface area contributed by atoms with Gasteiger partial charge in [0.1, 0.15) is 0 Å². The molecule has 3 nitrogen and oxygen atoms in total. The highest BCUT2D eigenvalue weighted by Gasteiger charge is 2.38. The van der Waals surface area contributed by atoms with Crippen molar-refractivity contribution in [1.82, 2.24) is 15.3 Å². The van der Waals surface area contributed by atoms with Crippen molar-refractivity contribution in [3.63, 3.8) is 0 Å². The molecule has 0 radical (unpaired) electrons. The maximum atomic E-state index is 4.56. The molecule has 0 aliphatic rings. The minimum atomic E-state index is 0.0350. The Morgan fingerprint density at radius 2 is 1.76 bits per heavy atom. The molecular weight excluding hydrogens is 258 g/mol. The van der Waals surface area contributed by atoms with Crippen LogP contribution in [0.2, 0.25) is 0 Å². The van der Waals surface area contributed by atoms with E-state index in [0.29, 0.717) is 0 Å². The summed E-state index contributed by atoms with van der Waals surface area (Å²) < 4.78 is 0. The molecule has 2 aromatic rings. The van der Waals surface area contributed by atoms with Crippen LogP contribution >= 0.6 is 0 Å². The van der Waals surface area contributed by atoms with Gasteiger partial charge in [-0.05, 0) is 24.9 Å². The third-order valence-corrected chi connectivity index (χ3v) is 4.45. The zero-order chi connectivity index (χ0) is 15.1. The first kappa shape index (κ1) is 15.6. The van der Waals surface area contributed by atoms with Crippen molar-refractivity contribution in [1.29, 1.82) is 0 Å². The molecule has 3 heteroatoms. The molecule has 1 N–H and O–H groups in total. The van der Waals surface area contributed by atoms with Gasteiger partial charge in [-0.15, -0.1) is 0 Å². The summed E-state index contributed by atoms with van der Waals surface area (Å²) in [5.41, 5.74) is 2.42. The molecule has 0 spiro atoms. The molecule has 21 heavy (non-hydrogen) atoms. The standard InChI is InChI=1S/C18H25N3/c1-4-18(5-2,15-10-8-7-9-11-15)17(20-6-3)16-14-19-12-13-21-16/h7-14,17,20H,4-6H2,1-3H3. The third kappa shape index (κ3) is 3.13. The van der Waals surface area contributed by atoms with Gasteiger partial charge < -0.3 is 5.32 Å². The molecule has 0 amide bonds. The normalized spacial score (nSPS) is 13.1. The summed E-state index contributed by atoms with van der Waals surface area (Å²) in [4.78, 5) is 8.82. The summed E-state index contributed by atoms with van der Waals surface area (Å²) in [6, 6.07) is 10.9. The predicted molar refractivity (Wildman–Crippen MR) is 87.2 cm³/mol. The number of nitrogens with one attached hydrogen (secondary N) is 1. The van der Waals surface area contributed by atoms with E-state index in [0.717, 1.165) is 25.1 Å². The molecule has 0 aliphatic heterocycles. The van der Waals surface area contributed by atoms with Crippen molar-refractivity contribution in [2.45, 2.75) is 45.1 Å². The van der Waals surface area contributed by atoms with Gasteiger partial charge in [0.25, 0.3) is 0 Å². The van der Waals surface area contributed by atoms with Crippen LogP contribution < -0.4 is 5.32 Å². The Balaban J connectivity index is 2.52. The van der Waals surface area contributed by atoms with E-state index in [1.165, 1.54) is 5.56 Å². The Kier molecular flexibility index (Phi) is 5.45. The summed E-state index contributed by atoms with van der Waals surface area (Å²) in [5, 5.41) is 3.64. The first-order chi connectivity index (χ1) is 10.3. The fourth-order valence-electron chi connectivity index (χ4n) is 3.25.